The maximum Gasteiger partial charge on any atom is 0.347 e. The van der Waals surface area contributed by atoms with Crippen molar-refractivity contribution < 1.29 is 9.15 Å². The fraction of sp³-hybridized carbons (Fsp3) is 0.179. The van der Waals surface area contributed by atoms with Crippen LogP contribution in [0.1, 0.15) is 26.3 Å². The van der Waals surface area contributed by atoms with Crippen molar-refractivity contribution in [1.82, 2.24) is 9.97 Å². The monoisotopic (exact) mass is 636 g/mol. The molecule has 9 nitrogen and oxygen atoms in total. The van der Waals surface area contributed by atoms with Gasteiger partial charge in [0.25, 0.3) is 0 Å². The van der Waals surface area contributed by atoms with Gasteiger partial charge in [-0.3, -0.25) is 0 Å². The number of allylic oxidation sites excluding steroid dienone is 6. The Kier molecular flexibility index (Phi) is 10.2. The second-order valence-corrected chi connectivity index (χ2v) is 11.2. The molecule has 0 aliphatic carbocycles. The molecule has 1 N–H and O–H groups in total. The van der Waals surface area contributed by atoms with E-state index in [-0.39, 0.29) is 11.2 Å². The molecule has 0 unspecified atom stereocenters. The lowest BCUT2D eigenvalue weighted by Crippen LogP contribution is -2.21. The number of aromatic nitrogens is 2. The fourth-order valence-corrected chi connectivity index (χ4v) is 5.23. The van der Waals surface area contributed by atoms with Crippen LogP contribution in [0.4, 0.5) is 11.4 Å². The minimum absolute atomic E-state index is 0.0777. The van der Waals surface area contributed by atoms with E-state index in [0.29, 0.717) is 34.1 Å². The van der Waals surface area contributed by atoms with E-state index in [2.05, 4.69) is 34.8 Å². The molecule has 1 aliphatic rings. The van der Waals surface area contributed by atoms with Crippen LogP contribution in [0.2, 0.25) is 0 Å². The van der Waals surface area contributed by atoms with Crippen LogP contribution in [0.25, 0.3) is 39.5 Å². The van der Waals surface area contributed by atoms with Gasteiger partial charge in [0.2, 0.25) is 0 Å². The van der Waals surface area contributed by atoms with Crippen molar-refractivity contribution in [2.45, 2.75) is 20.8 Å². The first-order valence-corrected chi connectivity index (χ1v) is 15.6. The lowest BCUT2D eigenvalue weighted by atomic mass is 10.1. The quantitative estimate of drug-likeness (QED) is 0.140. The first kappa shape index (κ1) is 33.1. The second-order valence-electron chi connectivity index (χ2n) is 11.2. The minimum Gasteiger partial charge on any atom is -0.462 e. The number of fused-ring (bicyclic) bond motifs is 2. The number of H-pyrrole nitrogens is 1. The van der Waals surface area contributed by atoms with Gasteiger partial charge in [-0.2, -0.15) is 10.5 Å². The molecule has 2 aromatic heterocycles. The average Bonchev–Trinajstić information content (AvgIpc) is 3.53. The van der Waals surface area contributed by atoms with Crippen LogP contribution >= 0.6 is 0 Å². The van der Waals surface area contributed by atoms with Gasteiger partial charge in [-0.15, -0.1) is 0 Å². The van der Waals surface area contributed by atoms with Crippen LogP contribution in [-0.4, -0.2) is 37.2 Å². The van der Waals surface area contributed by atoms with Crippen molar-refractivity contribution in [2.24, 2.45) is 0 Å². The Morgan fingerprint density at radius 2 is 1.62 bits per heavy atom. The summed E-state index contributed by atoms with van der Waals surface area (Å²) in [6.45, 7) is 7.81. The summed E-state index contributed by atoms with van der Waals surface area (Å²) >= 11 is 0. The smallest absolute Gasteiger partial charge is 0.347 e. The fourth-order valence-electron chi connectivity index (χ4n) is 5.23. The maximum atomic E-state index is 12.5. The Hall–Kier alpha value is -6.32. The standard InChI is InChI=1S/C20H19N3O2.C19H17N3O/c1-3-23(4-2)14-10-9-13-11-15(20(24)25-18(13)12-14)19-21-16-7-5-6-8-17(16)22-19;1-14-10-16(17(12-20)13-21)11-19(23-14)9-6-15-4-7-18(8-5-15)22(2)3/h5-12H,3-4H2,1-2H3,(H,21,22);4-11H,1-3H3/b;9-6+. The predicted molar refractivity (Wildman–Crippen MR) is 192 cm³/mol. The van der Waals surface area contributed by atoms with Gasteiger partial charge in [0.1, 0.15) is 46.2 Å². The summed E-state index contributed by atoms with van der Waals surface area (Å²) in [7, 11) is 3.99. The van der Waals surface area contributed by atoms with E-state index in [0.717, 1.165) is 46.4 Å². The van der Waals surface area contributed by atoms with Crippen molar-refractivity contribution in [3.05, 3.63) is 130 Å². The Labute approximate surface area is 279 Å². The van der Waals surface area contributed by atoms with Crippen LogP contribution in [-0.2, 0) is 4.74 Å². The molecule has 5 aromatic rings. The first-order valence-electron chi connectivity index (χ1n) is 15.6. The van der Waals surface area contributed by atoms with E-state index >= 15 is 0 Å². The Balaban J connectivity index is 0.000000189. The van der Waals surface area contributed by atoms with E-state index in [4.69, 9.17) is 19.7 Å². The van der Waals surface area contributed by atoms with Gasteiger partial charge in [-0.05, 0) is 87.0 Å². The minimum atomic E-state index is -0.386. The Morgan fingerprint density at radius 3 is 2.29 bits per heavy atom. The molecule has 0 amide bonds. The van der Waals surface area contributed by atoms with E-state index in [1.807, 2.05) is 110 Å². The lowest BCUT2D eigenvalue weighted by Gasteiger charge is -2.20. The molecule has 9 heteroatoms. The van der Waals surface area contributed by atoms with Crippen LogP contribution < -0.4 is 15.4 Å². The van der Waals surface area contributed by atoms with Crippen LogP contribution in [0.15, 0.2) is 123 Å². The number of hydrogen-bond acceptors (Lipinski definition) is 8. The number of nitrogens with zero attached hydrogens (tertiary/aromatic N) is 5. The zero-order valence-corrected chi connectivity index (χ0v) is 27.6. The Morgan fingerprint density at radius 1 is 0.917 bits per heavy atom. The van der Waals surface area contributed by atoms with Crippen molar-refractivity contribution >= 4 is 39.5 Å². The van der Waals surface area contributed by atoms with Crippen molar-refractivity contribution in [3.8, 4) is 23.5 Å². The molecule has 1 aliphatic heterocycles. The molecule has 0 saturated heterocycles. The van der Waals surface area contributed by atoms with Crippen molar-refractivity contribution in [1.29, 1.82) is 10.5 Å². The molecule has 3 heterocycles. The molecule has 0 radical (unpaired) electrons. The normalized spacial score (nSPS) is 12.4. The first-order chi connectivity index (χ1) is 23.2. The van der Waals surface area contributed by atoms with Gasteiger partial charge in [-0.1, -0.05) is 30.3 Å². The summed E-state index contributed by atoms with van der Waals surface area (Å²) in [6.07, 6.45) is 7.14. The average molecular weight is 637 g/mol. The summed E-state index contributed by atoms with van der Waals surface area (Å²) in [6, 6.07) is 27.4. The number of ether oxygens (including phenoxy) is 1. The molecule has 240 valence electrons. The molecule has 0 saturated carbocycles. The van der Waals surface area contributed by atoms with Gasteiger partial charge in [0, 0.05) is 55.6 Å². The highest BCUT2D eigenvalue weighted by atomic mass is 16.5. The number of nitrogens with one attached hydrogen (secondary N) is 1. The molecule has 0 atom stereocenters. The van der Waals surface area contributed by atoms with Gasteiger partial charge in [0.15, 0.2) is 0 Å². The van der Waals surface area contributed by atoms with Gasteiger partial charge in [0.05, 0.1) is 11.0 Å². The summed E-state index contributed by atoms with van der Waals surface area (Å²) in [5.74, 6) is 1.78. The molecule has 0 fully saturated rings. The van der Waals surface area contributed by atoms with Gasteiger partial charge >= 0.3 is 5.63 Å². The number of aromatic amines is 1. The summed E-state index contributed by atoms with van der Waals surface area (Å²) < 4.78 is 11.2. The molecular weight excluding hydrogens is 600 g/mol. The number of anilines is 2. The Bertz CT molecular complexity index is 2170. The molecular formula is C39H36N6O3. The second kappa shape index (κ2) is 14.8. The zero-order valence-electron chi connectivity index (χ0n) is 27.6. The third-order valence-corrected chi connectivity index (χ3v) is 7.79. The summed E-state index contributed by atoms with van der Waals surface area (Å²) in [4.78, 5) is 24.4. The van der Waals surface area contributed by atoms with Crippen molar-refractivity contribution in [2.75, 3.05) is 37.0 Å². The number of hydrogen-bond donors (Lipinski definition) is 1. The van der Waals surface area contributed by atoms with Gasteiger partial charge < -0.3 is 23.9 Å². The highest BCUT2D eigenvalue weighted by Crippen LogP contribution is 2.26. The van der Waals surface area contributed by atoms with E-state index in [1.54, 1.807) is 19.1 Å². The molecule has 0 spiro atoms. The third-order valence-electron chi connectivity index (χ3n) is 7.79. The number of rotatable bonds is 7. The highest BCUT2D eigenvalue weighted by Gasteiger charge is 2.14. The third kappa shape index (κ3) is 7.55. The topological polar surface area (TPSA) is 122 Å². The maximum absolute atomic E-state index is 12.5. The molecule has 0 bridgehead atoms. The van der Waals surface area contributed by atoms with Crippen LogP contribution in [0, 0.1) is 22.7 Å². The van der Waals surface area contributed by atoms with Gasteiger partial charge in [-0.25, -0.2) is 9.78 Å². The summed E-state index contributed by atoms with van der Waals surface area (Å²) in [5.41, 5.74) is 6.25. The molecule has 48 heavy (non-hydrogen) atoms. The zero-order chi connectivity index (χ0) is 34.2. The number of para-hydroxylation sites is 2. The number of benzene rings is 3. The van der Waals surface area contributed by atoms with Crippen molar-refractivity contribution in [3.63, 3.8) is 0 Å². The van der Waals surface area contributed by atoms with Crippen LogP contribution in [0.5, 0.6) is 0 Å². The highest BCUT2D eigenvalue weighted by molar-refractivity contribution is 5.85. The van der Waals surface area contributed by atoms with E-state index in [9.17, 15) is 4.79 Å². The number of imidazole rings is 1. The lowest BCUT2D eigenvalue weighted by molar-refractivity contribution is 0.318. The number of nitriles is 2. The summed E-state index contributed by atoms with van der Waals surface area (Å²) in [5, 5.41) is 18.8. The van der Waals surface area contributed by atoms with E-state index in [1.165, 1.54) is 0 Å². The largest absolute Gasteiger partial charge is 0.462 e. The molecule has 3 aromatic carbocycles. The molecule has 6 rings (SSSR count). The SMILES string of the molecule is CC1=CC(=C(C#N)C#N)C=C(/C=C/c2ccc(N(C)C)cc2)O1.CCN(CC)c1ccc2cc(-c3nc4ccccc4[nH]3)c(=O)oc2c1. The van der Waals surface area contributed by atoms with E-state index < -0.39 is 0 Å². The predicted octanol–water partition coefficient (Wildman–Crippen LogP) is 8.11. The van der Waals surface area contributed by atoms with Crippen LogP contribution in [0.3, 0.4) is 0 Å².